The molecule has 0 spiro atoms. The number of ether oxygens (including phenoxy) is 2. The lowest BCUT2D eigenvalue weighted by molar-refractivity contribution is 0.0486. The van der Waals surface area contributed by atoms with Crippen molar-refractivity contribution in [2.24, 2.45) is 0 Å². The first-order valence-electron chi connectivity index (χ1n) is 14.7. The van der Waals surface area contributed by atoms with E-state index in [0.29, 0.717) is 8.58 Å². The summed E-state index contributed by atoms with van der Waals surface area (Å²) in [6.45, 7) is 23.5. The molecule has 3 nitrogen and oxygen atoms in total. The Kier molecular flexibility index (Phi) is 10.4. The van der Waals surface area contributed by atoms with E-state index >= 15 is 0 Å². The minimum atomic E-state index is -0.0450. The lowest BCUT2D eigenvalue weighted by Crippen LogP contribution is -2.33. The van der Waals surface area contributed by atoms with E-state index in [0.717, 1.165) is 12.2 Å². The monoisotopic (exact) mass is 539 g/mol. The fourth-order valence-corrected chi connectivity index (χ4v) is 7.28. The Morgan fingerprint density at radius 3 is 2.11 bits per heavy atom. The summed E-state index contributed by atoms with van der Waals surface area (Å²) in [5.74, 6) is 1.03. The maximum absolute atomic E-state index is 6.51. The summed E-state index contributed by atoms with van der Waals surface area (Å²) in [5.41, 5.74) is 6.82. The zero-order chi connectivity index (χ0) is 28.1. The van der Waals surface area contributed by atoms with Gasteiger partial charge in [-0.2, -0.15) is 0 Å². The molecule has 0 amide bonds. The van der Waals surface area contributed by atoms with Gasteiger partial charge in [0.25, 0.3) is 0 Å². The molecule has 212 valence electrons. The smallest absolute Gasteiger partial charge is 0.188 e. The van der Waals surface area contributed by atoms with Crippen LogP contribution in [0.25, 0.3) is 0 Å². The SMILES string of the molecule is CCCCC(C)(Pc1ccc(C)cc1N1CCCCC1)c1cc(C(C)(C)C)cc(C(C)(C)C)c1OCOC. The molecular weight excluding hydrogens is 485 g/mol. The molecule has 3 rings (SSSR count). The van der Waals surface area contributed by atoms with Crippen LogP contribution in [0.2, 0.25) is 0 Å². The van der Waals surface area contributed by atoms with Gasteiger partial charge in [0.1, 0.15) is 5.75 Å². The van der Waals surface area contributed by atoms with Crippen LogP contribution >= 0.6 is 8.58 Å². The Hall–Kier alpha value is -1.57. The average molecular weight is 540 g/mol. The molecule has 0 saturated carbocycles. The summed E-state index contributed by atoms with van der Waals surface area (Å²) in [6, 6.07) is 12.0. The molecule has 4 heteroatoms. The van der Waals surface area contributed by atoms with Crippen LogP contribution in [0.4, 0.5) is 5.69 Å². The summed E-state index contributed by atoms with van der Waals surface area (Å²) >= 11 is 0. The molecule has 1 heterocycles. The van der Waals surface area contributed by atoms with E-state index in [4.69, 9.17) is 9.47 Å². The quantitative estimate of drug-likeness (QED) is 0.222. The van der Waals surface area contributed by atoms with Crippen molar-refractivity contribution in [3.63, 3.8) is 0 Å². The third-order valence-corrected chi connectivity index (χ3v) is 9.73. The minimum absolute atomic E-state index is 0.0415. The van der Waals surface area contributed by atoms with Crippen molar-refractivity contribution in [1.29, 1.82) is 0 Å². The highest BCUT2D eigenvalue weighted by Crippen LogP contribution is 2.52. The van der Waals surface area contributed by atoms with E-state index in [1.807, 2.05) is 0 Å². The number of hydrogen-bond acceptors (Lipinski definition) is 3. The maximum atomic E-state index is 6.51. The lowest BCUT2D eigenvalue weighted by atomic mass is 9.76. The zero-order valence-electron chi connectivity index (χ0n) is 26.0. The van der Waals surface area contributed by atoms with Crippen molar-refractivity contribution in [3.8, 4) is 5.75 Å². The number of rotatable bonds is 10. The standard InChI is InChI=1S/C34H54NO2P/c1-11-12-18-34(9,38-30-17-16-25(2)21-29(30)35-19-14-13-15-20-35)28-23-26(32(3,4)5)22-27(33(6,7)8)31(28)37-24-36-10/h16-17,21-23,38H,11-15,18-20,24H2,1-10H3. The van der Waals surface area contributed by atoms with Crippen LogP contribution < -0.4 is 14.9 Å². The van der Waals surface area contributed by atoms with Gasteiger partial charge in [-0.15, -0.1) is 0 Å². The second kappa shape index (κ2) is 12.7. The van der Waals surface area contributed by atoms with Crippen LogP contribution in [0.1, 0.15) is 116 Å². The van der Waals surface area contributed by atoms with Gasteiger partial charge >= 0.3 is 0 Å². The Morgan fingerprint density at radius 2 is 1.53 bits per heavy atom. The van der Waals surface area contributed by atoms with Gasteiger partial charge in [-0.05, 0) is 65.9 Å². The van der Waals surface area contributed by atoms with Gasteiger partial charge < -0.3 is 14.4 Å². The molecule has 0 aliphatic carbocycles. The molecule has 2 aromatic carbocycles. The maximum Gasteiger partial charge on any atom is 0.188 e. The Balaban J connectivity index is 2.25. The first-order chi connectivity index (χ1) is 17.8. The summed E-state index contributed by atoms with van der Waals surface area (Å²) in [5, 5.41) is 1.45. The van der Waals surface area contributed by atoms with Crippen molar-refractivity contribution in [1.82, 2.24) is 0 Å². The first-order valence-corrected chi connectivity index (χ1v) is 15.7. The van der Waals surface area contributed by atoms with E-state index in [-0.39, 0.29) is 22.8 Å². The number of unbranched alkanes of at least 4 members (excludes halogenated alkanes) is 1. The van der Waals surface area contributed by atoms with Crippen molar-refractivity contribution >= 4 is 19.6 Å². The molecule has 2 aromatic rings. The predicted octanol–water partition coefficient (Wildman–Crippen LogP) is 8.97. The van der Waals surface area contributed by atoms with Crippen molar-refractivity contribution in [2.75, 3.05) is 31.9 Å². The fourth-order valence-electron chi connectivity index (χ4n) is 5.54. The molecule has 2 unspecified atom stereocenters. The van der Waals surface area contributed by atoms with E-state index in [9.17, 15) is 0 Å². The Morgan fingerprint density at radius 1 is 0.868 bits per heavy atom. The van der Waals surface area contributed by atoms with Crippen molar-refractivity contribution in [3.05, 3.63) is 52.6 Å². The van der Waals surface area contributed by atoms with Crippen LogP contribution in [0.15, 0.2) is 30.3 Å². The van der Waals surface area contributed by atoms with Crippen LogP contribution in [0.5, 0.6) is 5.75 Å². The minimum Gasteiger partial charge on any atom is -0.467 e. The van der Waals surface area contributed by atoms with Gasteiger partial charge in [0.05, 0.1) is 0 Å². The number of anilines is 1. The molecule has 0 radical (unpaired) electrons. The van der Waals surface area contributed by atoms with Crippen LogP contribution in [0.3, 0.4) is 0 Å². The van der Waals surface area contributed by atoms with Gasteiger partial charge in [0.15, 0.2) is 6.79 Å². The van der Waals surface area contributed by atoms with Gasteiger partial charge in [-0.3, -0.25) is 0 Å². The molecular formula is C34H54NO2P. The highest BCUT2D eigenvalue weighted by atomic mass is 31.1. The second-order valence-electron chi connectivity index (χ2n) is 13.6. The molecule has 38 heavy (non-hydrogen) atoms. The highest BCUT2D eigenvalue weighted by molar-refractivity contribution is 7.49. The number of piperidine rings is 1. The number of hydrogen-bond donors (Lipinski definition) is 0. The highest BCUT2D eigenvalue weighted by Gasteiger charge is 2.36. The first kappa shape index (κ1) is 31.0. The number of aryl methyl sites for hydroxylation is 1. The van der Waals surface area contributed by atoms with Crippen LogP contribution in [-0.4, -0.2) is 27.0 Å². The van der Waals surface area contributed by atoms with E-state index in [1.165, 1.54) is 78.4 Å². The third kappa shape index (κ3) is 7.54. The van der Waals surface area contributed by atoms with Crippen LogP contribution in [-0.2, 0) is 20.7 Å². The van der Waals surface area contributed by atoms with Crippen molar-refractivity contribution < 1.29 is 9.47 Å². The van der Waals surface area contributed by atoms with E-state index < -0.39 is 0 Å². The summed E-state index contributed by atoms with van der Waals surface area (Å²) in [7, 11) is 2.37. The molecule has 1 saturated heterocycles. The normalized spacial score (nSPS) is 16.7. The van der Waals surface area contributed by atoms with Gasteiger partial charge in [-0.1, -0.05) is 101 Å². The lowest BCUT2D eigenvalue weighted by Gasteiger charge is -2.38. The average Bonchev–Trinajstić information content (AvgIpc) is 2.86. The molecule has 0 bridgehead atoms. The van der Waals surface area contributed by atoms with Crippen molar-refractivity contribution in [2.45, 2.75) is 117 Å². The summed E-state index contributed by atoms with van der Waals surface area (Å²) < 4.78 is 12.0. The predicted molar refractivity (Wildman–Crippen MR) is 168 cm³/mol. The topological polar surface area (TPSA) is 21.7 Å². The fraction of sp³-hybridized carbons (Fsp3) is 0.647. The Bertz CT molecular complexity index is 1060. The molecule has 0 aromatic heterocycles. The molecule has 2 atom stereocenters. The van der Waals surface area contributed by atoms with Gasteiger partial charge in [0.2, 0.25) is 0 Å². The molecule has 0 N–H and O–H groups in total. The molecule has 1 fully saturated rings. The zero-order valence-corrected chi connectivity index (χ0v) is 27.0. The number of nitrogens with zero attached hydrogens (tertiary/aromatic N) is 1. The Labute approximate surface area is 235 Å². The third-order valence-electron chi connectivity index (χ3n) is 7.97. The van der Waals surface area contributed by atoms with Gasteiger partial charge in [-0.25, -0.2) is 0 Å². The van der Waals surface area contributed by atoms with E-state index in [2.05, 4.69) is 97.5 Å². The van der Waals surface area contributed by atoms with Crippen LogP contribution in [0, 0.1) is 6.92 Å². The summed E-state index contributed by atoms with van der Waals surface area (Å²) in [4.78, 5) is 2.65. The number of benzene rings is 2. The molecule has 1 aliphatic rings. The van der Waals surface area contributed by atoms with E-state index in [1.54, 1.807) is 7.11 Å². The second-order valence-corrected chi connectivity index (χ2v) is 15.5. The molecule has 1 aliphatic heterocycles. The largest absolute Gasteiger partial charge is 0.467 e. The van der Waals surface area contributed by atoms with Gasteiger partial charge in [0, 0.05) is 42.2 Å². The summed E-state index contributed by atoms with van der Waals surface area (Å²) in [6.07, 6.45) is 7.46. The number of methoxy groups -OCH3 is 1.